The van der Waals surface area contributed by atoms with Crippen LogP contribution in [0.4, 0.5) is 0 Å². The maximum Gasteiger partial charge on any atom is 0.236 e. The van der Waals surface area contributed by atoms with E-state index in [1.54, 1.807) is 0 Å². The van der Waals surface area contributed by atoms with Gasteiger partial charge in [0, 0.05) is 12.1 Å². The lowest BCUT2D eigenvalue weighted by Crippen LogP contribution is -2.56. The van der Waals surface area contributed by atoms with Gasteiger partial charge in [0.05, 0.1) is 6.04 Å². The Bertz CT molecular complexity index is 222. The van der Waals surface area contributed by atoms with E-state index >= 15 is 0 Å². The Kier molecular flexibility index (Phi) is 4.14. The van der Waals surface area contributed by atoms with Gasteiger partial charge < -0.3 is 10.6 Å². The molecule has 0 saturated heterocycles. The van der Waals surface area contributed by atoms with Crippen molar-refractivity contribution in [3.8, 4) is 0 Å². The van der Waals surface area contributed by atoms with Crippen LogP contribution in [0.2, 0.25) is 0 Å². The Hall–Kier alpha value is -0.570. The summed E-state index contributed by atoms with van der Waals surface area (Å²) in [6.07, 6.45) is 3.66. The number of hydrogen-bond acceptors (Lipinski definition) is 2. The highest BCUT2D eigenvalue weighted by atomic mass is 16.2. The maximum atomic E-state index is 11.7. The molecule has 0 aromatic rings. The van der Waals surface area contributed by atoms with Gasteiger partial charge in [0.25, 0.3) is 0 Å². The summed E-state index contributed by atoms with van der Waals surface area (Å²) in [5.41, 5.74) is 0.203. The smallest absolute Gasteiger partial charge is 0.236 e. The summed E-state index contributed by atoms with van der Waals surface area (Å²) in [6.45, 7) is 9.11. The van der Waals surface area contributed by atoms with E-state index in [0.717, 1.165) is 6.54 Å². The summed E-state index contributed by atoms with van der Waals surface area (Å²) >= 11 is 0. The van der Waals surface area contributed by atoms with Crippen molar-refractivity contribution in [1.29, 1.82) is 0 Å². The molecule has 3 nitrogen and oxygen atoms in total. The molecule has 1 saturated carbocycles. The predicted octanol–water partition coefficient (Wildman–Crippen LogP) is 1.68. The van der Waals surface area contributed by atoms with Crippen LogP contribution in [0.15, 0.2) is 0 Å². The average molecular weight is 212 g/mol. The first-order chi connectivity index (χ1) is 6.93. The first kappa shape index (κ1) is 12.5. The van der Waals surface area contributed by atoms with E-state index in [1.165, 1.54) is 19.3 Å². The standard InChI is InChI=1S/C12H24N2O/c1-9(2)8-13-11(15)10(3)14-12(4)6-5-7-12/h9-10,14H,5-8H2,1-4H3,(H,13,15). The molecule has 0 aliphatic heterocycles. The van der Waals surface area contributed by atoms with E-state index in [1.807, 2.05) is 6.92 Å². The lowest BCUT2D eigenvalue weighted by Gasteiger charge is -2.41. The minimum absolute atomic E-state index is 0.0750. The topological polar surface area (TPSA) is 41.1 Å². The molecule has 0 aromatic carbocycles. The van der Waals surface area contributed by atoms with Crippen LogP contribution in [0.1, 0.15) is 47.0 Å². The molecule has 15 heavy (non-hydrogen) atoms. The normalized spacial score (nSPS) is 20.9. The van der Waals surface area contributed by atoms with Crippen molar-refractivity contribution in [2.24, 2.45) is 5.92 Å². The number of hydrogen-bond donors (Lipinski definition) is 2. The summed E-state index contributed by atoms with van der Waals surface area (Å²) in [5.74, 6) is 0.636. The Balaban J connectivity index is 2.26. The zero-order valence-electron chi connectivity index (χ0n) is 10.4. The van der Waals surface area contributed by atoms with Crippen molar-refractivity contribution in [2.45, 2.75) is 58.5 Å². The quantitative estimate of drug-likeness (QED) is 0.728. The summed E-state index contributed by atoms with van der Waals surface area (Å²) in [4.78, 5) is 11.7. The van der Waals surface area contributed by atoms with Crippen molar-refractivity contribution >= 4 is 5.91 Å². The molecule has 1 aliphatic rings. The fraction of sp³-hybridized carbons (Fsp3) is 0.917. The van der Waals surface area contributed by atoms with Crippen molar-refractivity contribution in [3.05, 3.63) is 0 Å². The highest BCUT2D eigenvalue weighted by Crippen LogP contribution is 2.31. The van der Waals surface area contributed by atoms with Gasteiger partial charge in [-0.15, -0.1) is 0 Å². The third-order valence-electron chi connectivity index (χ3n) is 3.10. The van der Waals surface area contributed by atoms with E-state index in [-0.39, 0.29) is 17.5 Å². The molecule has 1 rings (SSSR count). The van der Waals surface area contributed by atoms with Crippen molar-refractivity contribution in [2.75, 3.05) is 6.54 Å². The number of amides is 1. The molecule has 0 aromatic heterocycles. The van der Waals surface area contributed by atoms with Gasteiger partial charge in [-0.2, -0.15) is 0 Å². The number of carbonyl (C=O) groups excluding carboxylic acids is 1. The highest BCUT2D eigenvalue weighted by Gasteiger charge is 2.33. The Labute approximate surface area is 93.0 Å². The van der Waals surface area contributed by atoms with Crippen LogP contribution >= 0.6 is 0 Å². The third-order valence-corrected chi connectivity index (χ3v) is 3.10. The molecular weight excluding hydrogens is 188 g/mol. The molecule has 3 heteroatoms. The van der Waals surface area contributed by atoms with E-state index < -0.39 is 0 Å². The van der Waals surface area contributed by atoms with Crippen molar-refractivity contribution < 1.29 is 4.79 Å². The summed E-state index contributed by atoms with van der Waals surface area (Å²) in [5, 5.41) is 6.36. The van der Waals surface area contributed by atoms with Gasteiger partial charge in [-0.25, -0.2) is 0 Å². The fourth-order valence-corrected chi connectivity index (χ4v) is 1.90. The van der Waals surface area contributed by atoms with Crippen LogP contribution in [0, 0.1) is 5.92 Å². The first-order valence-electron chi connectivity index (χ1n) is 5.98. The van der Waals surface area contributed by atoms with E-state index in [4.69, 9.17) is 0 Å². The molecule has 0 bridgehead atoms. The van der Waals surface area contributed by atoms with Crippen LogP contribution in [0.25, 0.3) is 0 Å². The molecule has 1 unspecified atom stereocenters. The molecule has 0 radical (unpaired) electrons. The van der Waals surface area contributed by atoms with Gasteiger partial charge >= 0.3 is 0 Å². The van der Waals surface area contributed by atoms with Crippen LogP contribution in [0.5, 0.6) is 0 Å². The van der Waals surface area contributed by atoms with Crippen LogP contribution in [-0.4, -0.2) is 24.0 Å². The maximum absolute atomic E-state index is 11.7. The average Bonchev–Trinajstić information content (AvgIpc) is 2.11. The Morgan fingerprint density at radius 1 is 1.33 bits per heavy atom. The summed E-state index contributed by atoms with van der Waals surface area (Å²) in [6, 6.07) is -0.0750. The van der Waals surface area contributed by atoms with E-state index in [2.05, 4.69) is 31.4 Å². The van der Waals surface area contributed by atoms with Gasteiger partial charge in [-0.1, -0.05) is 13.8 Å². The molecule has 2 N–H and O–H groups in total. The van der Waals surface area contributed by atoms with Gasteiger partial charge in [0.1, 0.15) is 0 Å². The zero-order valence-corrected chi connectivity index (χ0v) is 10.4. The molecule has 1 aliphatic carbocycles. The molecule has 1 atom stereocenters. The second kappa shape index (κ2) is 4.97. The number of nitrogens with one attached hydrogen (secondary N) is 2. The molecular formula is C12H24N2O. The van der Waals surface area contributed by atoms with E-state index in [0.29, 0.717) is 5.92 Å². The zero-order chi connectivity index (χ0) is 11.5. The molecule has 0 spiro atoms. The largest absolute Gasteiger partial charge is 0.354 e. The SMILES string of the molecule is CC(C)CNC(=O)C(C)NC1(C)CCC1. The highest BCUT2D eigenvalue weighted by molar-refractivity contribution is 5.81. The molecule has 1 amide bonds. The minimum atomic E-state index is -0.0750. The van der Waals surface area contributed by atoms with Crippen molar-refractivity contribution in [1.82, 2.24) is 10.6 Å². The summed E-state index contributed by atoms with van der Waals surface area (Å²) < 4.78 is 0. The Morgan fingerprint density at radius 3 is 2.33 bits per heavy atom. The van der Waals surface area contributed by atoms with Crippen LogP contribution in [-0.2, 0) is 4.79 Å². The second-order valence-electron chi connectivity index (χ2n) is 5.42. The van der Waals surface area contributed by atoms with Gasteiger partial charge in [-0.3, -0.25) is 4.79 Å². The first-order valence-corrected chi connectivity index (χ1v) is 5.98. The molecule has 1 fully saturated rings. The van der Waals surface area contributed by atoms with Gasteiger partial charge in [-0.05, 0) is 39.0 Å². The minimum Gasteiger partial charge on any atom is -0.354 e. The lowest BCUT2D eigenvalue weighted by atomic mass is 9.78. The van der Waals surface area contributed by atoms with Crippen molar-refractivity contribution in [3.63, 3.8) is 0 Å². The third kappa shape index (κ3) is 3.82. The molecule has 0 heterocycles. The predicted molar refractivity (Wildman–Crippen MR) is 62.7 cm³/mol. The van der Waals surface area contributed by atoms with Gasteiger partial charge in [0.2, 0.25) is 5.91 Å². The Morgan fingerprint density at radius 2 is 1.93 bits per heavy atom. The fourth-order valence-electron chi connectivity index (χ4n) is 1.90. The monoisotopic (exact) mass is 212 g/mol. The second-order valence-corrected chi connectivity index (χ2v) is 5.42. The van der Waals surface area contributed by atoms with Crippen LogP contribution < -0.4 is 10.6 Å². The van der Waals surface area contributed by atoms with Crippen LogP contribution in [0.3, 0.4) is 0 Å². The number of rotatable bonds is 5. The van der Waals surface area contributed by atoms with Gasteiger partial charge in [0.15, 0.2) is 0 Å². The summed E-state index contributed by atoms with van der Waals surface area (Å²) in [7, 11) is 0. The molecule has 88 valence electrons. The van der Waals surface area contributed by atoms with E-state index in [9.17, 15) is 4.79 Å². The number of carbonyl (C=O) groups is 1. The lowest BCUT2D eigenvalue weighted by molar-refractivity contribution is -0.123.